The number of thioether (sulfide) groups is 1. The van der Waals surface area contributed by atoms with Gasteiger partial charge in [-0.05, 0) is 18.4 Å². The number of rotatable bonds is 2. The van der Waals surface area contributed by atoms with Crippen LogP contribution >= 0.6 is 35.0 Å². The number of halogens is 2. The maximum Gasteiger partial charge on any atom is 0.337 e. The van der Waals surface area contributed by atoms with Crippen molar-refractivity contribution in [1.29, 1.82) is 0 Å². The summed E-state index contributed by atoms with van der Waals surface area (Å²) in [5, 5.41) is 9.38. The molecule has 0 bridgehead atoms. The Hall–Kier alpha value is -0.380. The molecule has 1 N–H and O–H groups in total. The van der Waals surface area contributed by atoms with Gasteiger partial charge in [-0.1, -0.05) is 23.2 Å². The van der Waals surface area contributed by atoms with Crippen molar-refractivity contribution in [3.05, 3.63) is 27.7 Å². The van der Waals surface area contributed by atoms with Gasteiger partial charge in [-0.3, -0.25) is 0 Å². The van der Waals surface area contributed by atoms with Crippen LogP contribution in [0, 0.1) is 0 Å². The fourth-order valence-electron chi connectivity index (χ4n) is 0.868. The molecule has 2 nitrogen and oxygen atoms in total. The number of hydrogen-bond donors (Lipinski definition) is 1. The Kier molecular flexibility index (Phi) is 3.47. The molecule has 13 heavy (non-hydrogen) atoms. The lowest BCUT2D eigenvalue weighted by molar-refractivity contribution is 0.0697. The number of carboxylic acids is 1. The zero-order valence-corrected chi connectivity index (χ0v) is 9.00. The molecule has 0 atom stereocenters. The van der Waals surface area contributed by atoms with E-state index >= 15 is 0 Å². The molecule has 5 heteroatoms. The first-order chi connectivity index (χ1) is 6.06. The van der Waals surface area contributed by atoms with Gasteiger partial charge in [0.05, 0.1) is 10.6 Å². The SMILES string of the molecule is CSc1cc(Cl)cc(C(=O)O)c1Cl. The third kappa shape index (κ3) is 2.30. The summed E-state index contributed by atoms with van der Waals surface area (Å²) in [6, 6.07) is 2.98. The zero-order chi connectivity index (χ0) is 10.0. The van der Waals surface area contributed by atoms with Crippen LogP contribution in [0.25, 0.3) is 0 Å². The van der Waals surface area contributed by atoms with Gasteiger partial charge in [0.1, 0.15) is 0 Å². The van der Waals surface area contributed by atoms with E-state index in [2.05, 4.69) is 0 Å². The van der Waals surface area contributed by atoms with E-state index in [0.29, 0.717) is 9.92 Å². The van der Waals surface area contributed by atoms with E-state index in [0.717, 1.165) is 0 Å². The van der Waals surface area contributed by atoms with Gasteiger partial charge in [-0.15, -0.1) is 11.8 Å². The summed E-state index contributed by atoms with van der Waals surface area (Å²) in [4.78, 5) is 11.4. The van der Waals surface area contributed by atoms with Crippen LogP contribution in [-0.4, -0.2) is 17.3 Å². The first-order valence-electron chi connectivity index (χ1n) is 3.32. The Bertz CT molecular complexity index is 352. The highest BCUT2D eigenvalue weighted by Crippen LogP contribution is 2.31. The van der Waals surface area contributed by atoms with Crippen LogP contribution in [-0.2, 0) is 0 Å². The molecule has 0 heterocycles. The molecule has 70 valence electrons. The Morgan fingerprint density at radius 1 is 1.46 bits per heavy atom. The molecule has 1 aromatic carbocycles. The van der Waals surface area contributed by atoms with Crippen LogP contribution < -0.4 is 0 Å². The first-order valence-corrected chi connectivity index (χ1v) is 5.30. The molecule has 0 aromatic heterocycles. The topological polar surface area (TPSA) is 37.3 Å². The average molecular weight is 237 g/mol. The third-order valence-corrected chi connectivity index (χ3v) is 2.95. The summed E-state index contributed by atoms with van der Waals surface area (Å²) >= 11 is 12.9. The molecule has 0 amide bonds. The second-order valence-corrected chi connectivity index (χ2v) is 3.94. The maximum atomic E-state index is 10.7. The van der Waals surface area contributed by atoms with Crippen molar-refractivity contribution in [2.75, 3.05) is 6.26 Å². The first kappa shape index (κ1) is 10.7. The molecular formula is C8H6Cl2O2S. The van der Waals surface area contributed by atoms with Crippen LogP contribution in [0.3, 0.4) is 0 Å². The monoisotopic (exact) mass is 236 g/mol. The Labute approximate surface area is 89.8 Å². The van der Waals surface area contributed by atoms with Crippen molar-refractivity contribution < 1.29 is 9.90 Å². The Balaban J connectivity index is 3.35. The second kappa shape index (κ2) is 4.22. The van der Waals surface area contributed by atoms with Gasteiger partial charge in [0.2, 0.25) is 0 Å². The van der Waals surface area contributed by atoms with Gasteiger partial charge >= 0.3 is 5.97 Å². The largest absolute Gasteiger partial charge is 0.478 e. The summed E-state index contributed by atoms with van der Waals surface area (Å²) < 4.78 is 0. The van der Waals surface area contributed by atoms with Gasteiger partial charge < -0.3 is 5.11 Å². The van der Waals surface area contributed by atoms with Crippen molar-refractivity contribution >= 4 is 40.9 Å². The predicted molar refractivity (Wildman–Crippen MR) is 55.2 cm³/mol. The van der Waals surface area contributed by atoms with Crippen LogP contribution in [0.5, 0.6) is 0 Å². The van der Waals surface area contributed by atoms with Crippen molar-refractivity contribution in [3.63, 3.8) is 0 Å². The van der Waals surface area contributed by atoms with Crippen LogP contribution in [0.2, 0.25) is 10.0 Å². The van der Waals surface area contributed by atoms with Gasteiger partial charge in [-0.2, -0.15) is 0 Å². The van der Waals surface area contributed by atoms with Crippen LogP contribution in [0.15, 0.2) is 17.0 Å². The van der Waals surface area contributed by atoms with Gasteiger partial charge in [0.15, 0.2) is 0 Å². The molecule has 1 aromatic rings. The van der Waals surface area contributed by atoms with E-state index < -0.39 is 5.97 Å². The molecule has 0 aliphatic rings. The third-order valence-electron chi connectivity index (χ3n) is 1.45. The fraction of sp³-hybridized carbons (Fsp3) is 0.125. The summed E-state index contributed by atoms with van der Waals surface area (Å²) in [6.45, 7) is 0. The highest BCUT2D eigenvalue weighted by atomic mass is 35.5. The Morgan fingerprint density at radius 2 is 2.08 bits per heavy atom. The number of carboxylic acid groups (broad SMARTS) is 1. The number of hydrogen-bond acceptors (Lipinski definition) is 2. The molecule has 0 unspecified atom stereocenters. The smallest absolute Gasteiger partial charge is 0.337 e. The molecule has 0 fully saturated rings. The number of carbonyl (C=O) groups is 1. The maximum absolute atomic E-state index is 10.7. The molecule has 0 saturated heterocycles. The summed E-state index contributed by atoms with van der Waals surface area (Å²) in [7, 11) is 0. The molecular weight excluding hydrogens is 231 g/mol. The summed E-state index contributed by atoms with van der Waals surface area (Å²) in [5.74, 6) is -1.07. The second-order valence-electron chi connectivity index (χ2n) is 2.27. The highest BCUT2D eigenvalue weighted by Gasteiger charge is 2.13. The van der Waals surface area contributed by atoms with Crippen LogP contribution in [0.1, 0.15) is 10.4 Å². The Morgan fingerprint density at radius 3 is 2.54 bits per heavy atom. The summed E-state index contributed by atoms with van der Waals surface area (Å²) in [6.07, 6.45) is 1.81. The van der Waals surface area contributed by atoms with E-state index in [9.17, 15) is 4.79 Å². The quantitative estimate of drug-likeness (QED) is 0.801. The van der Waals surface area contributed by atoms with Crippen LogP contribution in [0.4, 0.5) is 0 Å². The average Bonchev–Trinajstić information content (AvgIpc) is 2.08. The minimum absolute atomic E-state index is 0.0403. The van der Waals surface area contributed by atoms with Gasteiger partial charge in [0, 0.05) is 9.92 Å². The van der Waals surface area contributed by atoms with Crippen molar-refractivity contribution in [1.82, 2.24) is 0 Å². The molecule has 0 aliphatic heterocycles. The van der Waals surface area contributed by atoms with Gasteiger partial charge in [-0.25, -0.2) is 4.79 Å². The lowest BCUT2D eigenvalue weighted by Gasteiger charge is -2.04. The molecule has 0 saturated carbocycles. The number of aromatic carboxylic acids is 1. The lowest BCUT2D eigenvalue weighted by Crippen LogP contribution is -1.98. The molecule has 0 radical (unpaired) electrons. The van der Waals surface area contributed by atoms with E-state index in [-0.39, 0.29) is 10.6 Å². The van der Waals surface area contributed by atoms with Crippen molar-refractivity contribution in [2.24, 2.45) is 0 Å². The predicted octanol–water partition coefficient (Wildman–Crippen LogP) is 3.41. The zero-order valence-electron chi connectivity index (χ0n) is 6.67. The fourth-order valence-corrected chi connectivity index (χ4v) is 2.11. The number of benzene rings is 1. The molecule has 0 spiro atoms. The minimum Gasteiger partial charge on any atom is -0.478 e. The van der Waals surface area contributed by atoms with Crippen molar-refractivity contribution in [2.45, 2.75) is 4.90 Å². The lowest BCUT2D eigenvalue weighted by atomic mass is 10.2. The van der Waals surface area contributed by atoms with E-state index in [1.807, 2.05) is 6.26 Å². The molecule has 0 aliphatic carbocycles. The normalized spacial score (nSPS) is 10.1. The summed E-state index contributed by atoms with van der Waals surface area (Å²) in [5.41, 5.74) is 0.0403. The standard InChI is InChI=1S/C8H6Cl2O2S/c1-13-6-3-4(9)2-5(7(6)10)8(11)12/h2-3H,1H3,(H,11,12). The van der Waals surface area contributed by atoms with Crippen molar-refractivity contribution in [3.8, 4) is 0 Å². The van der Waals surface area contributed by atoms with E-state index in [1.54, 1.807) is 6.07 Å². The van der Waals surface area contributed by atoms with E-state index in [1.165, 1.54) is 17.8 Å². The van der Waals surface area contributed by atoms with Gasteiger partial charge in [0.25, 0.3) is 0 Å². The highest BCUT2D eigenvalue weighted by molar-refractivity contribution is 7.98. The molecule has 1 rings (SSSR count). The van der Waals surface area contributed by atoms with E-state index in [4.69, 9.17) is 28.3 Å². The minimum atomic E-state index is -1.07.